The molecule has 0 spiro atoms. The first-order valence-corrected chi connectivity index (χ1v) is 3.31. The molecule has 3 nitrogen and oxygen atoms in total. The van der Waals surface area contributed by atoms with Gasteiger partial charge < -0.3 is 10.1 Å². The average Bonchev–Trinajstić information content (AvgIpc) is 2.05. The molecule has 0 bridgehead atoms. The Balaban J connectivity index is 0.000001000. The summed E-state index contributed by atoms with van der Waals surface area (Å²) in [5.41, 5.74) is 0. The zero-order chi connectivity index (χ0) is 7.40. The summed E-state index contributed by atoms with van der Waals surface area (Å²) in [6.07, 6.45) is 4.73. The van der Waals surface area contributed by atoms with Crippen molar-refractivity contribution in [3.05, 3.63) is 12.2 Å². The summed E-state index contributed by atoms with van der Waals surface area (Å²) in [5, 5.41) is 3.01. The minimum atomic E-state index is -0.177. The number of methoxy groups -OCH3 is 1. The van der Waals surface area contributed by atoms with Gasteiger partial charge in [-0.05, 0) is 6.42 Å². The highest BCUT2D eigenvalue weighted by Gasteiger charge is 2.17. The van der Waals surface area contributed by atoms with E-state index in [0.717, 1.165) is 13.0 Å². The number of esters is 1. The second kappa shape index (κ2) is 5.16. The second-order valence-electron chi connectivity index (χ2n) is 2.19. The fraction of sp³-hybridized carbons (Fsp3) is 0.571. The van der Waals surface area contributed by atoms with Gasteiger partial charge in [0.05, 0.1) is 7.11 Å². The van der Waals surface area contributed by atoms with Crippen LogP contribution >= 0.6 is 12.4 Å². The highest BCUT2D eigenvalue weighted by atomic mass is 35.5. The third kappa shape index (κ3) is 2.91. The molecule has 0 saturated carbocycles. The lowest BCUT2D eigenvalue weighted by atomic mass is 10.1. The van der Waals surface area contributed by atoms with E-state index in [1.165, 1.54) is 7.11 Å². The van der Waals surface area contributed by atoms with E-state index < -0.39 is 0 Å². The van der Waals surface area contributed by atoms with Gasteiger partial charge in [-0.1, -0.05) is 12.2 Å². The van der Waals surface area contributed by atoms with Crippen molar-refractivity contribution in [3.63, 3.8) is 0 Å². The molecule has 1 aliphatic rings. The van der Waals surface area contributed by atoms with E-state index in [2.05, 4.69) is 10.1 Å². The predicted molar refractivity (Wildman–Crippen MR) is 44.8 cm³/mol. The average molecular weight is 178 g/mol. The van der Waals surface area contributed by atoms with Crippen LogP contribution in [0.5, 0.6) is 0 Å². The minimum Gasteiger partial charge on any atom is -0.468 e. The van der Waals surface area contributed by atoms with Crippen molar-refractivity contribution >= 4 is 18.4 Å². The van der Waals surface area contributed by atoms with E-state index >= 15 is 0 Å². The Morgan fingerprint density at radius 3 is 2.82 bits per heavy atom. The van der Waals surface area contributed by atoms with Gasteiger partial charge in [-0.25, -0.2) is 0 Å². The first kappa shape index (κ1) is 10.5. The highest BCUT2D eigenvalue weighted by molar-refractivity contribution is 5.85. The molecule has 11 heavy (non-hydrogen) atoms. The largest absolute Gasteiger partial charge is 0.468 e. The summed E-state index contributed by atoms with van der Waals surface area (Å²) in [4.78, 5) is 10.8. The van der Waals surface area contributed by atoms with Gasteiger partial charge in [0.1, 0.15) is 6.04 Å². The van der Waals surface area contributed by atoms with Crippen molar-refractivity contribution in [2.45, 2.75) is 12.5 Å². The van der Waals surface area contributed by atoms with Crippen LogP contribution in [0.1, 0.15) is 6.42 Å². The van der Waals surface area contributed by atoms with Crippen LogP contribution in [-0.4, -0.2) is 25.7 Å². The van der Waals surface area contributed by atoms with Crippen LogP contribution in [0, 0.1) is 0 Å². The van der Waals surface area contributed by atoms with E-state index in [1.807, 2.05) is 12.2 Å². The first-order valence-electron chi connectivity index (χ1n) is 3.31. The van der Waals surface area contributed by atoms with Crippen molar-refractivity contribution in [1.29, 1.82) is 0 Å². The quantitative estimate of drug-likeness (QED) is 0.468. The number of ether oxygens (including phenoxy) is 1. The number of carbonyl (C=O) groups is 1. The molecule has 0 radical (unpaired) electrons. The summed E-state index contributed by atoms with van der Waals surface area (Å²) >= 11 is 0. The number of hydrogen-bond donors (Lipinski definition) is 1. The molecule has 0 fully saturated rings. The number of rotatable bonds is 1. The standard InChI is InChI=1S/C7H11NO2.ClH/c1-10-7(9)6-4-2-3-5-8-6;/h2-3,6,8H,4-5H2,1H3;1H/t6-;/m0./s1. The summed E-state index contributed by atoms with van der Waals surface area (Å²) in [6, 6.07) is -0.130. The summed E-state index contributed by atoms with van der Waals surface area (Å²) < 4.78 is 4.55. The van der Waals surface area contributed by atoms with E-state index in [1.54, 1.807) is 0 Å². The number of nitrogens with one attached hydrogen (secondary N) is 1. The number of halogens is 1. The first-order chi connectivity index (χ1) is 4.84. The maximum Gasteiger partial charge on any atom is 0.323 e. The van der Waals surface area contributed by atoms with Gasteiger partial charge in [0, 0.05) is 6.54 Å². The van der Waals surface area contributed by atoms with Crippen LogP contribution in [0.3, 0.4) is 0 Å². The molecule has 0 aromatic carbocycles. The van der Waals surface area contributed by atoms with E-state index in [4.69, 9.17) is 0 Å². The van der Waals surface area contributed by atoms with E-state index in [-0.39, 0.29) is 24.4 Å². The third-order valence-corrected chi connectivity index (χ3v) is 1.51. The topological polar surface area (TPSA) is 38.3 Å². The van der Waals surface area contributed by atoms with Crippen molar-refractivity contribution in [1.82, 2.24) is 5.32 Å². The SMILES string of the molecule is COC(=O)[C@@H]1CC=CCN1.Cl. The maximum atomic E-state index is 10.8. The zero-order valence-corrected chi connectivity index (χ0v) is 7.19. The second-order valence-corrected chi connectivity index (χ2v) is 2.19. The molecule has 64 valence electrons. The molecule has 1 N–H and O–H groups in total. The lowest BCUT2D eigenvalue weighted by molar-refractivity contribution is -0.143. The molecule has 1 atom stereocenters. The molecule has 0 aromatic rings. The molecule has 4 heteroatoms. The van der Waals surface area contributed by atoms with Gasteiger partial charge in [0.15, 0.2) is 0 Å². The van der Waals surface area contributed by atoms with E-state index in [9.17, 15) is 4.79 Å². The van der Waals surface area contributed by atoms with Gasteiger partial charge in [-0.3, -0.25) is 4.79 Å². The fourth-order valence-electron chi connectivity index (χ4n) is 0.931. The third-order valence-electron chi connectivity index (χ3n) is 1.51. The van der Waals surface area contributed by atoms with E-state index in [0.29, 0.717) is 0 Å². The Hall–Kier alpha value is -0.540. The number of carbonyl (C=O) groups excluding carboxylic acids is 1. The van der Waals surface area contributed by atoms with Crippen molar-refractivity contribution in [3.8, 4) is 0 Å². The smallest absolute Gasteiger partial charge is 0.323 e. The van der Waals surface area contributed by atoms with Crippen molar-refractivity contribution in [2.75, 3.05) is 13.7 Å². The van der Waals surface area contributed by atoms with Crippen LogP contribution in [0.15, 0.2) is 12.2 Å². The van der Waals surface area contributed by atoms with Crippen LogP contribution in [-0.2, 0) is 9.53 Å². The minimum absolute atomic E-state index is 0. The van der Waals surface area contributed by atoms with Gasteiger partial charge >= 0.3 is 5.97 Å². The predicted octanol–water partition coefficient (Wildman–Crippen LogP) is 0.499. The Kier molecular flexibility index (Phi) is 4.90. The molecular formula is C7H12ClNO2. The molecule has 1 rings (SSSR count). The van der Waals surface area contributed by atoms with Crippen LogP contribution in [0.25, 0.3) is 0 Å². The lowest BCUT2D eigenvalue weighted by Gasteiger charge is -2.16. The number of hydrogen-bond acceptors (Lipinski definition) is 3. The van der Waals surface area contributed by atoms with Crippen LogP contribution in [0.4, 0.5) is 0 Å². The highest BCUT2D eigenvalue weighted by Crippen LogP contribution is 2.00. The molecule has 0 amide bonds. The van der Waals surface area contributed by atoms with Crippen LogP contribution in [0.2, 0.25) is 0 Å². The Morgan fingerprint density at radius 1 is 1.64 bits per heavy atom. The zero-order valence-electron chi connectivity index (χ0n) is 6.37. The molecular weight excluding hydrogens is 166 g/mol. The fourth-order valence-corrected chi connectivity index (χ4v) is 0.931. The molecule has 0 saturated heterocycles. The Morgan fingerprint density at radius 2 is 2.36 bits per heavy atom. The normalized spacial score (nSPS) is 22.1. The van der Waals surface area contributed by atoms with Crippen LogP contribution < -0.4 is 5.32 Å². The van der Waals surface area contributed by atoms with Gasteiger partial charge in [0.25, 0.3) is 0 Å². The monoisotopic (exact) mass is 177 g/mol. The van der Waals surface area contributed by atoms with Gasteiger partial charge in [-0.15, -0.1) is 12.4 Å². The van der Waals surface area contributed by atoms with Crippen molar-refractivity contribution < 1.29 is 9.53 Å². The molecule has 0 aromatic heterocycles. The summed E-state index contributed by atoms with van der Waals surface area (Å²) in [5.74, 6) is -0.177. The Labute approximate surface area is 72.2 Å². The molecule has 1 heterocycles. The summed E-state index contributed by atoms with van der Waals surface area (Å²) in [7, 11) is 1.41. The molecule has 1 aliphatic heterocycles. The molecule has 0 aliphatic carbocycles. The molecule has 0 unspecified atom stereocenters. The van der Waals surface area contributed by atoms with Crippen molar-refractivity contribution in [2.24, 2.45) is 0 Å². The lowest BCUT2D eigenvalue weighted by Crippen LogP contribution is -2.39. The maximum absolute atomic E-state index is 10.8. The Bertz CT molecular complexity index is 159. The van der Waals surface area contributed by atoms with Gasteiger partial charge in [-0.2, -0.15) is 0 Å². The van der Waals surface area contributed by atoms with Gasteiger partial charge in [0.2, 0.25) is 0 Å². The summed E-state index contributed by atoms with van der Waals surface area (Å²) in [6.45, 7) is 0.764.